The summed E-state index contributed by atoms with van der Waals surface area (Å²) in [4.78, 5) is 0. The van der Waals surface area contributed by atoms with Gasteiger partial charge in [-0.25, -0.2) is 4.39 Å². The normalized spacial score (nSPS) is 12.2. The van der Waals surface area contributed by atoms with Crippen LogP contribution in [0.15, 0.2) is 42.5 Å². The van der Waals surface area contributed by atoms with Gasteiger partial charge in [0.2, 0.25) is 0 Å². The Labute approximate surface area is 112 Å². The third-order valence-corrected chi connectivity index (χ3v) is 2.92. The van der Waals surface area contributed by atoms with Gasteiger partial charge in [0.05, 0.1) is 6.10 Å². The highest BCUT2D eigenvalue weighted by atomic mass is 19.1. The number of ether oxygens (including phenoxy) is 1. The molecule has 0 saturated carbocycles. The lowest BCUT2D eigenvalue weighted by molar-refractivity contribution is 0.190. The Hall–Kier alpha value is -1.87. The van der Waals surface area contributed by atoms with Crippen LogP contribution in [0.5, 0.6) is 5.75 Å². The second-order valence-corrected chi connectivity index (χ2v) is 4.63. The van der Waals surface area contributed by atoms with Crippen molar-refractivity contribution in [2.75, 3.05) is 0 Å². The first-order valence-corrected chi connectivity index (χ1v) is 6.22. The molecule has 0 amide bonds. The molecule has 0 saturated heterocycles. The molecular weight excluding hydrogens is 243 g/mol. The maximum Gasteiger partial charge on any atom is 0.125 e. The summed E-state index contributed by atoms with van der Waals surface area (Å²) in [6.45, 7) is 4.03. The minimum atomic E-state index is -0.580. The van der Waals surface area contributed by atoms with E-state index in [1.807, 2.05) is 25.1 Å². The fourth-order valence-corrected chi connectivity index (χ4v) is 1.87. The van der Waals surface area contributed by atoms with Crippen molar-refractivity contribution in [3.05, 3.63) is 65.0 Å². The van der Waals surface area contributed by atoms with Crippen molar-refractivity contribution in [3.63, 3.8) is 0 Å². The molecule has 19 heavy (non-hydrogen) atoms. The number of aliphatic hydroxyl groups excluding tert-OH is 1. The number of hydrogen-bond acceptors (Lipinski definition) is 2. The van der Waals surface area contributed by atoms with Crippen molar-refractivity contribution in [1.82, 2.24) is 0 Å². The van der Waals surface area contributed by atoms with E-state index < -0.39 is 6.10 Å². The lowest BCUT2D eigenvalue weighted by atomic mass is 10.1. The molecule has 0 unspecified atom stereocenters. The van der Waals surface area contributed by atoms with Crippen LogP contribution < -0.4 is 4.74 Å². The molecule has 2 aromatic rings. The third kappa shape index (κ3) is 3.55. The average molecular weight is 260 g/mol. The van der Waals surface area contributed by atoms with E-state index in [1.165, 1.54) is 12.1 Å². The highest BCUT2D eigenvalue weighted by molar-refractivity contribution is 5.38. The second-order valence-electron chi connectivity index (χ2n) is 4.63. The van der Waals surface area contributed by atoms with Crippen LogP contribution in [-0.4, -0.2) is 5.11 Å². The van der Waals surface area contributed by atoms with Gasteiger partial charge in [-0.3, -0.25) is 0 Å². The fourth-order valence-electron chi connectivity index (χ4n) is 1.87. The molecule has 0 radical (unpaired) electrons. The van der Waals surface area contributed by atoms with E-state index in [1.54, 1.807) is 19.1 Å². The molecule has 0 aromatic heterocycles. The molecule has 100 valence electrons. The molecule has 0 fully saturated rings. The van der Waals surface area contributed by atoms with Crippen LogP contribution in [0, 0.1) is 12.7 Å². The van der Waals surface area contributed by atoms with Crippen molar-refractivity contribution < 1.29 is 14.2 Å². The van der Waals surface area contributed by atoms with Gasteiger partial charge in [-0.1, -0.05) is 23.8 Å². The molecule has 0 heterocycles. The highest BCUT2D eigenvalue weighted by Gasteiger charge is 2.09. The first kappa shape index (κ1) is 13.6. The Bertz CT molecular complexity index is 547. The van der Waals surface area contributed by atoms with Crippen molar-refractivity contribution in [1.29, 1.82) is 0 Å². The summed E-state index contributed by atoms with van der Waals surface area (Å²) in [6, 6.07) is 11.9. The van der Waals surface area contributed by atoms with Crippen LogP contribution in [0.4, 0.5) is 4.39 Å². The van der Waals surface area contributed by atoms with Gasteiger partial charge < -0.3 is 9.84 Å². The molecular formula is C16H17FO2. The SMILES string of the molecule is Cc1ccc(OCc2ccc(F)cc2)c([C@H](C)O)c1. The van der Waals surface area contributed by atoms with Crippen LogP contribution in [0.25, 0.3) is 0 Å². The van der Waals surface area contributed by atoms with Gasteiger partial charge in [-0.2, -0.15) is 0 Å². The first-order valence-electron chi connectivity index (χ1n) is 6.22. The Morgan fingerprint density at radius 2 is 1.84 bits per heavy atom. The predicted molar refractivity (Wildman–Crippen MR) is 72.5 cm³/mol. The molecule has 1 N–H and O–H groups in total. The Balaban J connectivity index is 2.13. The van der Waals surface area contributed by atoms with Crippen molar-refractivity contribution in [2.24, 2.45) is 0 Å². The van der Waals surface area contributed by atoms with E-state index in [0.717, 1.165) is 16.7 Å². The molecule has 1 atom stereocenters. The van der Waals surface area contributed by atoms with Crippen LogP contribution in [-0.2, 0) is 6.61 Å². The summed E-state index contributed by atoms with van der Waals surface area (Å²) in [5.41, 5.74) is 2.73. The Morgan fingerprint density at radius 3 is 2.47 bits per heavy atom. The molecule has 0 aliphatic rings. The molecule has 0 spiro atoms. The molecule has 3 heteroatoms. The number of benzene rings is 2. The average Bonchev–Trinajstić information content (AvgIpc) is 2.39. The molecule has 0 bridgehead atoms. The van der Waals surface area contributed by atoms with E-state index in [4.69, 9.17) is 4.74 Å². The van der Waals surface area contributed by atoms with E-state index in [0.29, 0.717) is 12.4 Å². The summed E-state index contributed by atoms with van der Waals surface area (Å²) < 4.78 is 18.5. The first-order chi connectivity index (χ1) is 9.06. The predicted octanol–water partition coefficient (Wildman–Crippen LogP) is 3.77. The van der Waals surface area contributed by atoms with Gasteiger partial charge in [0, 0.05) is 5.56 Å². The van der Waals surface area contributed by atoms with Gasteiger partial charge in [-0.15, -0.1) is 0 Å². The van der Waals surface area contributed by atoms with Gasteiger partial charge in [0.25, 0.3) is 0 Å². The van der Waals surface area contributed by atoms with E-state index in [2.05, 4.69) is 0 Å². The van der Waals surface area contributed by atoms with Gasteiger partial charge in [0.15, 0.2) is 0 Å². The number of rotatable bonds is 4. The van der Waals surface area contributed by atoms with Crippen LogP contribution >= 0.6 is 0 Å². The Kier molecular flexibility index (Phi) is 4.17. The standard InChI is InChI=1S/C16H17FO2/c1-11-3-8-16(15(9-11)12(2)18)19-10-13-4-6-14(17)7-5-13/h3-9,12,18H,10H2,1-2H3/t12-/m0/s1. The van der Waals surface area contributed by atoms with Gasteiger partial charge in [0.1, 0.15) is 18.2 Å². The monoisotopic (exact) mass is 260 g/mol. The smallest absolute Gasteiger partial charge is 0.125 e. The topological polar surface area (TPSA) is 29.5 Å². The molecule has 2 aromatic carbocycles. The summed E-state index contributed by atoms with van der Waals surface area (Å²) in [7, 11) is 0. The zero-order valence-electron chi connectivity index (χ0n) is 11.1. The number of aliphatic hydroxyl groups is 1. The molecule has 0 aliphatic carbocycles. The maximum atomic E-state index is 12.8. The van der Waals surface area contributed by atoms with E-state index >= 15 is 0 Å². The zero-order chi connectivity index (χ0) is 13.8. The summed E-state index contributed by atoms with van der Waals surface area (Å²) in [6.07, 6.45) is -0.580. The molecule has 0 aliphatic heterocycles. The van der Waals surface area contributed by atoms with Crippen molar-refractivity contribution in [2.45, 2.75) is 26.6 Å². The number of hydrogen-bond donors (Lipinski definition) is 1. The van der Waals surface area contributed by atoms with E-state index in [9.17, 15) is 9.50 Å². The van der Waals surface area contributed by atoms with Gasteiger partial charge in [-0.05, 0) is 43.7 Å². The summed E-state index contributed by atoms with van der Waals surface area (Å²) in [5, 5.41) is 9.73. The largest absolute Gasteiger partial charge is 0.489 e. The van der Waals surface area contributed by atoms with Crippen molar-refractivity contribution >= 4 is 0 Å². The Morgan fingerprint density at radius 1 is 1.16 bits per heavy atom. The highest BCUT2D eigenvalue weighted by Crippen LogP contribution is 2.26. The lowest BCUT2D eigenvalue weighted by Crippen LogP contribution is -2.01. The van der Waals surface area contributed by atoms with Crippen molar-refractivity contribution in [3.8, 4) is 5.75 Å². The number of halogens is 1. The van der Waals surface area contributed by atoms with Crippen LogP contribution in [0.2, 0.25) is 0 Å². The second kappa shape index (κ2) is 5.85. The number of aryl methyl sites for hydroxylation is 1. The fraction of sp³-hybridized carbons (Fsp3) is 0.250. The molecule has 2 rings (SSSR count). The maximum absolute atomic E-state index is 12.8. The lowest BCUT2D eigenvalue weighted by Gasteiger charge is -2.14. The minimum absolute atomic E-state index is 0.260. The van der Waals surface area contributed by atoms with Gasteiger partial charge >= 0.3 is 0 Å². The summed E-state index contributed by atoms with van der Waals surface area (Å²) >= 11 is 0. The minimum Gasteiger partial charge on any atom is -0.489 e. The quantitative estimate of drug-likeness (QED) is 0.906. The molecule has 2 nitrogen and oxygen atoms in total. The summed E-state index contributed by atoms with van der Waals surface area (Å²) in [5.74, 6) is 0.397. The zero-order valence-corrected chi connectivity index (χ0v) is 11.1. The van der Waals surface area contributed by atoms with E-state index in [-0.39, 0.29) is 5.82 Å². The third-order valence-electron chi connectivity index (χ3n) is 2.92. The van der Waals surface area contributed by atoms with Crippen LogP contribution in [0.3, 0.4) is 0 Å². The van der Waals surface area contributed by atoms with Crippen LogP contribution in [0.1, 0.15) is 29.7 Å².